The Morgan fingerprint density at radius 2 is 2.05 bits per heavy atom. The van der Waals surface area contributed by atoms with Gasteiger partial charge in [0.25, 0.3) is 0 Å². The lowest BCUT2D eigenvalue weighted by Gasteiger charge is -2.30. The van der Waals surface area contributed by atoms with Gasteiger partial charge in [0.1, 0.15) is 5.82 Å². The number of aryl methyl sites for hydroxylation is 1. The fourth-order valence-corrected chi connectivity index (χ4v) is 2.86. The van der Waals surface area contributed by atoms with Crippen LogP contribution < -0.4 is 0 Å². The summed E-state index contributed by atoms with van der Waals surface area (Å²) in [5.74, 6) is 1.00. The minimum absolute atomic E-state index is 0.0731. The van der Waals surface area contributed by atoms with Crippen LogP contribution in [0.25, 0.3) is 11.0 Å². The molecule has 1 atom stereocenters. The third kappa shape index (κ3) is 1.96. The summed E-state index contributed by atoms with van der Waals surface area (Å²) in [6.45, 7) is 7.15. The van der Waals surface area contributed by atoms with Crippen LogP contribution in [0, 0.1) is 5.41 Å². The summed E-state index contributed by atoms with van der Waals surface area (Å²) in [6, 6.07) is 8.20. The number of benzene rings is 1. The van der Waals surface area contributed by atoms with Gasteiger partial charge in [0.2, 0.25) is 0 Å². The van der Waals surface area contributed by atoms with Crippen molar-refractivity contribution in [1.82, 2.24) is 9.55 Å². The molecule has 0 spiro atoms. The first-order valence-corrected chi connectivity index (χ1v) is 7.13. The molecule has 0 amide bonds. The summed E-state index contributed by atoms with van der Waals surface area (Å²) >= 11 is 0. The molecule has 3 rings (SSSR count). The molecule has 0 aliphatic heterocycles. The molecule has 19 heavy (non-hydrogen) atoms. The zero-order valence-corrected chi connectivity index (χ0v) is 12.0. The molecule has 3 nitrogen and oxygen atoms in total. The van der Waals surface area contributed by atoms with E-state index in [9.17, 15) is 5.11 Å². The number of aliphatic hydroxyl groups is 1. The first-order valence-electron chi connectivity index (χ1n) is 7.13. The lowest BCUT2D eigenvalue weighted by molar-refractivity contribution is -0.00925. The second-order valence-corrected chi connectivity index (χ2v) is 6.27. The number of aromatic nitrogens is 2. The fourth-order valence-electron chi connectivity index (χ4n) is 2.86. The van der Waals surface area contributed by atoms with E-state index in [-0.39, 0.29) is 5.41 Å². The van der Waals surface area contributed by atoms with Crippen LogP contribution in [0.2, 0.25) is 0 Å². The molecule has 1 aliphatic carbocycles. The van der Waals surface area contributed by atoms with Crippen molar-refractivity contribution in [2.24, 2.45) is 5.41 Å². The molecule has 1 fully saturated rings. The summed E-state index contributed by atoms with van der Waals surface area (Å²) in [7, 11) is 0. The van der Waals surface area contributed by atoms with E-state index in [1.807, 2.05) is 25.1 Å². The van der Waals surface area contributed by atoms with Crippen LogP contribution in [0.1, 0.15) is 39.4 Å². The van der Waals surface area contributed by atoms with Crippen LogP contribution in [0.3, 0.4) is 0 Å². The predicted octanol–water partition coefficient (Wildman–Crippen LogP) is 3.15. The Kier molecular flexibility index (Phi) is 2.72. The molecule has 0 radical (unpaired) electrons. The molecule has 1 aliphatic rings. The van der Waals surface area contributed by atoms with Gasteiger partial charge in [0.05, 0.1) is 16.6 Å². The maximum atomic E-state index is 10.8. The summed E-state index contributed by atoms with van der Waals surface area (Å²) in [5.41, 5.74) is 1.60. The molecule has 3 heteroatoms. The van der Waals surface area contributed by atoms with Gasteiger partial charge in [-0.25, -0.2) is 4.98 Å². The highest BCUT2D eigenvalue weighted by Crippen LogP contribution is 2.54. The number of nitrogens with zero attached hydrogens (tertiary/aromatic N) is 2. The quantitative estimate of drug-likeness (QED) is 0.914. The van der Waals surface area contributed by atoms with Crippen LogP contribution in [-0.4, -0.2) is 20.3 Å². The van der Waals surface area contributed by atoms with Gasteiger partial charge < -0.3 is 9.67 Å². The van der Waals surface area contributed by atoms with Gasteiger partial charge in [-0.15, -0.1) is 0 Å². The Morgan fingerprint density at radius 3 is 2.68 bits per heavy atom. The molecule has 2 aromatic rings. The van der Waals surface area contributed by atoms with Gasteiger partial charge >= 0.3 is 0 Å². The van der Waals surface area contributed by atoms with E-state index < -0.39 is 5.60 Å². The number of hydrogen-bond acceptors (Lipinski definition) is 2. The van der Waals surface area contributed by atoms with Gasteiger partial charge in [-0.1, -0.05) is 19.1 Å². The van der Waals surface area contributed by atoms with E-state index in [0.29, 0.717) is 6.42 Å². The van der Waals surface area contributed by atoms with E-state index in [1.54, 1.807) is 0 Å². The zero-order valence-electron chi connectivity index (χ0n) is 12.0. The van der Waals surface area contributed by atoms with Crippen LogP contribution in [0.15, 0.2) is 24.3 Å². The molecule has 1 unspecified atom stereocenters. The Morgan fingerprint density at radius 1 is 1.37 bits per heavy atom. The van der Waals surface area contributed by atoms with Crippen molar-refractivity contribution in [2.45, 2.75) is 52.2 Å². The Hall–Kier alpha value is -1.35. The molecular formula is C16H22N2O. The van der Waals surface area contributed by atoms with Crippen molar-refractivity contribution >= 4 is 11.0 Å². The minimum atomic E-state index is -0.665. The highest BCUT2D eigenvalue weighted by Gasteiger charge is 2.52. The second-order valence-electron chi connectivity index (χ2n) is 6.27. The Balaban J connectivity index is 2.01. The number of imidazole rings is 1. The highest BCUT2D eigenvalue weighted by atomic mass is 16.3. The van der Waals surface area contributed by atoms with E-state index in [1.165, 1.54) is 0 Å². The standard InChI is InChI=1S/C16H22N2O/c1-4-18-13-8-6-5-7-12(13)17-14(18)11-16(3,19)15(2)9-10-15/h5-8,19H,4,9-11H2,1-3H3. The molecular weight excluding hydrogens is 236 g/mol. The Labute approximate surface area is 114 Å². The van der Waals surface area contributed by atoms with Gasteiger partial charge in [0.15, 0.2) is 0 Å². The van der Waals surface area contributed by atoms with Gasteiger partial charge in [-0.3, -0.25) is 0 Å². The van der Waals surface area contributed by atoms with Crippen LogP contribution >= 0.6 is 0 Å². The SMILES string of the molecule is CCn1c(CC(C)(O)C2(C)CC2)nc2ccccc21. The third-order valence-corrected chi connectivity index (χ3v) is 4.85. The Bertz CT molecular complexity index is 608. The van der Waals surface area contributed by atoms with Crippen molar-refractivity contribution in [1.29, 1.82) is 0 Å². The molecule has 1 heterocycles. The summed E-state index contributed by atoms with van der Waals surface area (Å²) in [5, 5.41) is 10.8. The first-order chi connectivity index (χ1) is 8.97. The van der Waals surface area contributed by atoms with Gasteiger partial charge in [0, 0.05) is 13.0 Å². The zero-order chi connectivity index (χ0) is 13.7. The van der Waals surface area contributed by atoms with E-state index in [4.69, 9.17) is 4.98 Å². The predicted molar refractivity (Wildman–Crippen MR) is 77.1 cm³/mol. The van der Waals surface area contributed by atoms with Gasteiger partial charge in [-0.2, -0.15) is 0 Å². The smallest absolute Gasteiger partial charge is 0.112 e. The third-order valence-electron chi connectivity index (χ3n) is 4.85. The van der Waals surface area contributed by atoms with Crippen molar-refractivity contribution < 1.29 is 5.11 Å². The highest BCUT2D eigenvalue weighted by molar-refractivity contribution is 5.75. The minimum Gasteiger partial charge on any atom is -0.389 e. The summed E-state index contributed by atoms with van der Waals surface area (Å²) < 4.78 is 2.22. The van der Waals surface area contributed by atoms with Crippen LogP contribution in [0.5, 0.6) is 0 Å². The van der Waals surface area contributed by atoms with Crippen LogP contribution in [0.4, 0.5) is 0 Å². The first kappa shape index (κ1) is 12.7. The maximum absolute atomic E-state index is 10.8. The largest absolute Gasteiger partial charge is 0.389 e. The molecule has 0 bridgehead atoms. The number of hydrogen-bond donors (Lipinski definition) is 1. The van der Waals surface area contributed by atoms with Crippen molar-refractivity contribution in [3.8, 4) is 0 Å². The molecule has 0 saturated heterocycles. The molecule has 1 aromatic carbocycles. The monoisotopic (exact) mass is 258 g/mol. The lowest BCUT2D eigenvalue weighted by Crippen LogP contribution is -2.37. The van der Waals surface area contributed by atoms with Crippen molar-refractivity contribution in [3.05, 3.63) is 30.1 Å². The number of rotatable bonds is 4. The number of para-hydroxylation sites is 2. The van der Waals surface area contributed by atoms with Crippen LogP contribution in [-0.2, 0) is 13.0 Å². The second kappa shape index (κ2) is 4.07. The van der Waals surface area contributed by atoms with Gasteiger partial charge in [-0.05, 0) is 44.2 Å². The lowest BCUT2D eigenvalue weighted by atomic mass is 9.84. The van der Waals surface area contributed by atoms with Crippen molar-refractivity contribution in [3.63, 3.8) is 0 Å². The van der Waals surface area contributed by atoms with Crippen molar-refractivity contribution in [2.75, 3.05) is 0 Å². The van der Waals surface area contributed by atoms with E-state index in [0.717, 1.165) is 36.2 Å². The average molecular weight is 258 g/mol. The molecule has 1 N–H and O–H groups in total. The topological polar surface area (TPSA) is 38.0 Å². The summed E-state index contributed by atoms with van der Waals surface area (Å²) in [4.78, 5) is 4.71. The molecule has 1 saturated carbocycles. The van der Waals surface area contributed by atoms with E-state index >= 15 is 0 Å². The maximum Gasteiger partial charge on any atom is 0.112 e. The summed E-state index contributed by atoms with van der Waals surface area (Å²) in [6.07, 6.45) is 2.87. The van der Waals surface area contributed by atoms with E-state index in [2.05, 4.69) is 24.5 Å². The average Bonchev–Trinajstić information content (AvgIpc) is 3.03. The molecule has 1 aromatic heterocycles. The fraction of sp³-hybridized carbons (Fsp3) is 0.562. The number of fused-ring (bicyclic) bond motifs is 1. The molecule has 102 valence electrons. The normalized spacial score (nSPS) is 20.4.